The van der Waals surface area contributed by atoms with Gasteiger partial charge in [-0.1, -0.05) is 109 Å². The first-order valence-electron chi connectivity index (χ1n) is 18.9. The Morgan fingerprint density at radius 3 is 0.896 bits per heavy atom. The summed E-state index contributed by atoms with van der Waals surface area (Å²) in [6.45, 7) is 32.0. The standard InChI is InChI=1S/C42H74N4O2/c1-39(2,3)33-27-31(28-34(37(33)47)40(4,5)6)45-25-19-23-43-21-17-15-13-14-16-18-22-44-24-20-26-46-32-29-35(41(7,8)9)38(48)36(30-32)42(10,11)12/h27-30,43-48H,13-26H2,1-12H3. The molecule has 0 atom stereocenters. The van der Waals surface area contributed by atoms with Crippen molar-refractivity contribution in [1.29, 1.82) is 0 Å². The smallest absolute Gasteiger partial charge is 0.123 e. The first kappa shape index (κ1) is 41.7. The van der Waals surface area contributed by atoms with Crippen LogP contribution in [0, 0.1) is 0 Å². The molecule has 0 aliphatic carbocycles. The van der Waals surface area contributed by atoms with Crippen molar-refractivity contribution in [2.24, 2.45) is 0 Å². The van der Waals surface area contributed by atoms with Crippen LogP contribution in [-0.4, -0.2) is 49.5 Å². The van der Waals surface area contributed by atoms with E-state index in [9.17, 15) is 10.2 Å². The van der Waals surface area contributed by atoms with Gasteiger partial charge in [-0.25, -0.2) is 0 Å². The second kappa shape index (κ2) is 18.5. The zero-order valence-corrected chi connectivity index (χ0v) is 33.1. The average Bonchev–Trinajstić information content (AvgIpc) is 2.95. The van der Waals surface area contributed by atoms with Crippen LogP contribution in [0.3, 0.4) is 0 Å². The molecule has 0 saturated carbocycles. The number of anilines is 2. The van der Waals surface area contributed by atoms with Gasteiger partial charge in [-0.15, -0.1) is 0 Å². The van der Waals surface area contributed by atoms with Crippen molar-refractivity contribution in [2.75, 3.05) is 49.9 Å². The maximum atomic E-state index is 10.9. The van der Waals surface area contributed by atoms with Crippen LogP contribution in [0.5, 0.6) is 11.5 Å². The van der Waals surface area contributed by atoms with E-state index < -0.39 is 0 Å². The Labute approximate surface area is 295 Å². The lowest BCUT2D eigenvalue weighted by atomic mass is 9.79. The predicted octanol–water partition coefficient (Wildman–Crippen LogP) is 10.1. The van der Waals surface area contributed by atoms with Crippen molar-refractivity contribution in [2.45, 2.75) is 156 Å². The molecule has 6 nitrogen and oxygen atoms in total. The third kappa shape index (κ3) is 14.2. The van der Waals surface area contributed by atoms with Gasteiger partial charge in [-0.05, 0) is 97.8 Å². The Morgan fingerprint density at radius 1 is 0.375 bits per heavy atom. The minimum absolute atomic E-state index is 0.108. The molecule has 2 aromatic carbocycles. The SMILES string of the molecule is CC(C)(C)c1cc(NCCCNCCCCCCCCNCCCNc2cc(C(C)(C)C)c(O)c(C(C)(C)C)c2)cc(C(C)(C)C)c1O. The molecule has 0 aromatic heterocycles. The van der Waals surface area contributed by atoms with Crippen LogP contribution in [0.2, 0.25) is 0 Å². The van der Waals surface area contributed by atoms with Gasteiger partial charge < -0.3 is 31.5 Å². The number of aromatic hydroxyl groups is 2. The van der Waals surface area contributed by atoms with E-state index in [2.05, 4.69) is 129 Å². The summed E-state index contributed by atoms with van der Waals surface area (Å²) in [6.07, 6.45) is 9.88. The molecule has 0 saturated heterocycles. The first-order valence-corrected chi connectivity index (χ1v) is 18.9. The molecule has 274 valence electrons. The largest absolute Gasteiger partial charge is 0.507 e. The van der Waals surface area contributed by atoms with Crippen LogP contribution in [0.15, 0.2) is 24.3 Å². The van der Waals surface area contributed by atoms with Gasteiger partial charge in [0.2, 0.25) is 0 Å². The Balaban J connectivity index is 1.51. The Bertz CT molecular complexity index is 1070. The van der Waals surface area contributed by atoms with Crippen molar-refractivity contribution in [3.05, 3.63) is 46.5 Å². The molecule has 0 radical (unpaired) electrons. The fourth-order valence-electron chi connectivity index (χ4n) is 6.11. The molecule has 0 aliphatic heterocycles. The molecular formula is C42H74N4O2. The molecule has 2 rings (SSSR count). The maximum Gasteiger partial charge on any atom is 0.123 e. The van der Waals surface area contributed by atoms with Crippen LogP contribution < -0.4 is 21.3 Å². The van der Waals surface area contributed by atoms with Gasteiger partial charge in [0.15, 0.2) is 0 Å². The van der Waals surface area contributed by atoms with E-state index in [1.165, 1.54) is 38.5 Å². The van der Waals surface area contributed by atoms with Crippen LogP contribution in [0.4, 0.5) is 11.4 Å². The molecule has 0 fully saturated rings. The average molecular weight is 667 g/mol. The summed E-state index contributed by atoms with van der Waals surface area (Å²) in [5, 5.41) is 36.3. The zero-order valence-electron chi connectivity index (χ0n) is 33.1. The van der Waals surface area contributed by atoms with Crippen molar-refractivity contribution in [1.82, 2.24) is 10.6 Å². The van der Waals surface area contributed by atoms with Gasteiger partial charge in [-0.3, -0.25) is 0 Å². The molecular weight excluding hydrogens is 592 g/mol. The van der Waals surface area contributed by atoms with Crippen LogP contribution in [-0.2, 0) is 21.7 Å². The quantitative estimate of drug-likeness (QED) is 0.0661. The molecule has 0 unspecified atom stereocenters. The monoisotopic (exact) mass is 667 g/mol. The van der Waals surface area contributed by atoms with E-state index in [0.29, 0.717) is 11.5 Å². The lowest BCUT2D eigenvalue weighted by Gasteiger charge is -2.28. The van der Waals surface area contributed by atoms with E-state index in [1.54, 1.807) is 0 Å². The summed E-state index contributed by atoms with van der Waals surface area (Å²) in [4.78, 5) is 0. The molecule has 6 heteroatoms. The van der Waals surface area contributed by atoms with Crippen molar-refractivity contribution < 1.29 is 10.2 Å². The van der Waals surface area contributed by atoms with Gasteiger partial charge in [0.25, 0.3) is 0 Å². The summed E-state index contributed by atoms with van der Waals surface area (Å²) >= 11 is 0. The van der Waals surface area contributed by atoms with Gasteiger partial charge in [0.1, 0.15) is 11.5 Å². The molecule has 2 aromatic rings. The van der Waals surface area contributed by atoms with E-state index in [1.807, 2.05) is 0 Å². The summed E-state index contributed by atoms with van der Waals surface area (Å²) in [6, 6.07) is 8.49. The topological polar surface area (TPSA) is 88.6 Å². The summed E-state index contributed by atoms with van der Waals surface area (Å²) in [5.74, 6) is 0.880. The maximum absolute atomic E-state index is 10.9. The fourth-order valence-corrected chi connectivity index (χ4v) is 6.11. The van der Waals surface area contributed by atoms with Crippen LogP contribution >= 0.6 is 0 Å². The summed E-state index contributed by atoms with van der Waals surface area (Å²) in [5.41, 5.74) is 5.80. The normalized spacial score (nSPS) is 12.8. The van der Waals surface area contributed by atoms with Crippen molar-refractivity contribution >= 4 is 11.4 Å². The summed E-state index contributed by atoms with van der Waals surface area (Å²) < 4.78 is 0. The number of nitrogens with one attached hydrogen (secondary N) is 4. The highest BCUT2D eigenvalue weighted by Crippen LogP contribution is 2.42. The highest BCUT2D eigenvalue weighted by atomic mass is 16.3. The lowest BCUT2D eigenvalue weighted by Crippen LogP contribution is -2.20. The van der Waals surface area contributed by atoms with Crippen molar-refractivity contribution in [3.63, 3.8) is 0 Å². The number of hydrogen-bond acceptors (Lipinski definition) is 6. The molecule has 6 N–H and O–H groups in total. The Hall–Kier alpha value is -2.44. The number of rotatable bonds is 19. The molecule has 48 heavy (non-hydrogen) atoms. The summed E-state index contributed by atoms with van der Waals surface area (Å²) in [7, 11) is 0. The lowest BCUT2D eigenvalue weighted by molar-refractivity contribution is 0.422. The third-order valence-electron chi connectivity index (χ3n) is 9.13. The molecule has 0 aliphatic rings. The Kier molecular flexibility index (Phi) is 16.1. The number of hydrogen-bond donors (Lipinski definition) is 6. The third-order valence-corrected chi connectivity index (χ3v) is 9.13. The zero-order chi connectivity index (χ0) is 36.2. The molecule has 0 heterocycles. The van der Waals surface area contributed by atoms with Gasteiger partial charge in [0.05, 0.1) is 0 Å². The van der Waals surface area contributed by atoms with Gasteiger partial charge in [-0.2, -0.15) is 0 Å². The van der Waals surface area contributed by atoms with E-state index in [0.717, 1.165) is 85.7 Å². The predicted molar refractivity (Wildman–Crippen MR) is 211 cm³/mol. The number of unbranched alkanes of at least 4 members (excludes halogenated alkanes) is 5. The van der Waals surface area contributed by atoms with Crippen LogP contribution in [0.1, 0.15) is 157 Å². The number of phenols is 2. The Morgan fingerprint density at radius 2 is 0.625 bits per heavy atom. The van der Waals surface area contributed by atoms with Gasteiger partial charge in [0, 0.05) is 46.7 Å². The molecule has 0 spiro atoms. The number of phenolic OH excluding ortho intramolecular Hbond substituents is 2. The van der Waals surface area contributed by atoms with Crippen LogP contribution in [0.25, 0.3) is 0 Å². The second-order valence-electron chi connectivity index (χ2n) is 18.0. The van der Waals surface area contributed by atoms with Gasteiger partial charge >= 0.3 is 0 Å². The van der Waals surface area contributed by atoms with E-state index in [4.69, 9.17) is 0 Å². The highest BCUT2D eigenvalue weighted by Gasteiger charge is 2.27. The minimum Gasteiger partial charge on any atom is -0.507 e. The minimum atomic E-state index is -0.108. The molecule has 0 amide bonds. The highest BCUT2D eigenvalue weighted by molar-refractivity contribution is 5.60. The fraction of sp³-hybridized carbons (Fsp3) is 0.714. The first-order chi connectivity index (χ1) is 22.2. The van der Waals surface area contributed by atoms with E-state index in [-0.39, 0.29) is 21.7 Å². The second-order valence-corrected chi connectivity index (χ2v) is 18.0. The van der Waals surface area contributed by atoms with Crippen molar-refractivity contribution in [3.8, 4) is 11.5 Å². The number of benzene rings is 2. The molecule has 0 bridgehead atoms. The van der Waals surface area contributed by atoms with E-state index >= 15 is 0 Å².